The minimum atomic E-state index is -0.161. The Bertz CT molecular complexity index is 356. The maximum absolute atomic E-state index is 13.4. The lowest BCUT2D eigenvalue weighted by Gasteiger charge is -2.30. The minimum absolute atomic E-state index is 0.161. The van der Waals surface area contributed by atoms with Gasteiger partial charge in [-0.1, -0.05) is 42.1 Å². The van der Waals surface area contributed by atoms with Crippen LogP contribution in [0.3, 0.4) is 0 Å². The van der Waals surface area contributed by atoms with Crippen LogP contribution in [0.2, 0.25) is 0 Å². The van der Waals surface area contributed by atoms with Crippen LogP contribution in [0.15, 0.2) is 22.7 Å². The first-order valence-corrected chi connectivity index (χ1v) is 7.17. The molecule has 1 aliphatic carbocycles. The predicted octanol–water partition coefficient (Wildman–Crippen LogP) is 4.43. The maximum Gasteiger partial charge on any atom is 0.124 e. The lowest BCUT2D eigenvalue weighted by molar-refractivity contribution is 0.262. The number of hydrogen-bond acceptors (Lipinski definition) is 1. The van der Waals surface area contributed by atoms with E-state index < -0.39 is 0 Å². The second kappa shape index (κ2) is 5.96. The van der Waals surface area contributed by atoms with Gasteiger partial charge in [0.25, 0.3) is 0 Å². The molecule has 0 saturated heterocycles. The summed E-state index contributed by atoms with van der Waals surface area (Å²) in [5.74, 6) is 0.659. The summed E-state index contributed by atoms with van der Waals surface area (Å²) in [6.45, 7) is 3.02. The molecule has 1 aromatic carbocycles. The van der Waals surface area contributed by atoms with Crippen LogP contribution in [0.5, 0.6) is 0 Å². The van der Waals surface area contributed by atoms with E-state index in [-0.39, 0.29) is 11.9 Å². The van der Waals surface area contributed by atoms with Gasteiger partial charge in [0.1, 0.15) is 5.82 Å². The number of benzene rings is 1. The summed E-state index contributed by atoms with van der Waals surface area (Å²) < 4.78 is 14.2. The third-order valence-electron chi connectivity index (χ3n) is 3.53. The Balaban J connectivity index is 2.12. The molecule has 1 aromatic rings. The molecule has 0 aromatic heterocycles. The van der Waals surface area contributed by atoms with Crippen LogP contribution >= 0.6 is 15.9 Å². The zero-order valence-electron chi connectivity index (χ0n) is 10.2. The van der Waals surface area contributed by atoms with E-state index in [1.54, 1.807) is 6.07 Å². The topological polar surface area (TPSA) is 12.0 Å². The fraction of sp³-hybridized carbons (Fsp3) is 0.571. The van der Waals surface area contributed by atoms with E-state index in [0.717, 1.165) is 28.9 Å². The summed E-state index contributed by atoms with van der Waals surface area (Å²) in [5.41, 5.74) is 1.06. The molecule has 0 aliphatic heterocycles. The third kappa shape index (κ3) is 3.52. The van der Waals surface area contributed by atoms with E-state index in [4.69, 9.17) is 0 Å². The molecule has 1 atom stereocenters. The fourth-order valence-corrected chi connectivity index (χ4v) is 2.90. The molecular weight excluding hydrogens is 281 g/mol. The zero-order chi connectivity index (χ0) is 12.3. The number of hydrogen-bond donors (Lipinski definition) is 1. The van der Waals surface area contributed by atoms with Crippen LogP contribution in [0.25, 0.3) is 0 Å². The van der Waals surface area contributed by atoms with Crippen LogP contribution in [-0.4, -0.2) is 6.54 Å². The van der Waals surface area contributed by atoms with Crippen LogP contribution in [0.4, 0.5) is 4.39 Å². The average molecular weight is 300 g/mol. The molecule has 0 bridgehead atoms. The molecule has 2 rings (SSSR count). The van der Waals surface area contributed by atoms with Crippen molar-refractivity contribution in [2.75, 3.05) is 6.54 Å². The first-order chi connectivity index (χ1) is 8.19. The van der Waals surface area contributed by atoms with Crippen molar-refractivity contribution in [3.05, 3.63) is 34.1 Å². The summed E-state index contributed by atoms with van der Waals surface area (Å²) in [5, 5.41) is 3.46. The Hall–Kier alpha value is -0.410. The summed E-state index contributed by atoms with van der Waals surface area (Å²) >= 11 is 3.36. The number of nitrogens with one attached hydrogen (secondary N) is 1. The monoisotopic (exact) mass is 299 g/mol. The highest BCUT2D eigenvalue weighted by molar-refractivity contribution is 9.10. The number of rotatable bonds is 5. The van der Waals surface area contributed by atoms with Gasteiger partial charge in [0.05, 0.1) is 0 Å². The third-order valence-corrected chi connectivity index (χ3v) is 3.99. The highest BCUT2D eigenvalue weighted by Gasteiger charge is 2.23. The molecule has 3 heteroatoms. The molecule has 17 heavy (non-hydrogen) atoms. The second-order valence-electron chi connectivity index (χ2n) is 4.85. The molecule has 94 valence electrons. The van der Waals surface area contributed by atoms with Gasteiger partial charge in [-0.2, -0.15) is 0 Å². The molecule has 1 N–H and O–H groups in total. The molecule has 0 heterocycles. The van der Waals surface area contributed by atoms with Gasteiger partial charge in [-0.3, -0.25) is 0 Å². The maximum atomic E-state index is 13.4. The van der Waals surface area contributed by atoms with E-state index in [2.05, 4.69) is 28.2 Å². The van der Waals surface area contributed by atoms with Crippen LogP contribution in [0, 0.1) is 11.7 Å². The van der Waals surface area contributed by atoms with Crippen molar-refractivity contribution in [1.82, 2.24) is 5.32 Å². The zero-order valence-corrected chi connectivity index (χ0v) is 11.8. The molecule has 1 aliphatic rings. The molecule has 1 fully saturated rings. The Morgan fingerprint density at radius 3 is 2.71 bits per heavy atom. The quantitative estimate of drug-likeness (QED) is 0.848. The fourth-order valence-electron chi connectivity index (χ4n) is 2.42. The van der Waals surface area contributed by atoms with E-state index in [0.29, 0.717) is 0 Å². The molecule has 1 unspecified atom stereocenters. The van der Waals surface area contributed by atoms with E-state index in [9.17, 15) is 4.39 Å². The van der Waals surface area contributed by atoms with Crippen molar-refractivity contribution in [3.8, 4) is 0 Å². The Morgan fingerprint density at radius 1 is 1.41 bits per heavy atom. The van der Waals surface area contributed by atoms with Crippen molar-refractivity contribution < 1.29 is 4.39 Å². The summed E-state index contributed by atoms with van der Waals surface area (Å²) in [7, 11) is 0. The van der Waals surface area contributed by atoms with Gasteiger partial charge in [-0.15, -0.1) is 0 Å². The van der Waals surface area contributed by atoms with E-state index >= 15 is 0 Å². The summed E-state index contributed by atoms with van der Waals surface area (Å²) in [6.07, 6.45) is 5.15. The van der Waals surface area contributed by atoms with Crippen molar-refractivity contribution >= 4 is 15.9 Å². The van der Waals surface area contributed by atoms with Crippen molar-refractivity contribution in [2.45, 2.75) is 38.6 Å². The van der Waals surface area contributed by atoms with Crippen molar-refractivity contribution in [2.24, 2.45) is 5.92 Å². The van der Waals surface area contributed by atoms with Gasteiger partial charge in [-0.25, -0.2) is 4.39 Å². The molecule has 1 nitrogen and oxygen atoms in total. The lowest BCUT2D eigenvalue weighted by atomic mass is 9.79. The molecule has 0 spiro atoms. The van der Waals surface area contributed by atoms with Crippen LogP contribution in [-0.2, 0) is 0 Å². The first-order valence-electron chi connectivity index (χ1n) is 6.38. The summed E-state index contributed by atoms with van der Waals surface area (Å²) in [4.78, 5) is 0. The SMILES string of the molecule is CCNC(CC1CCC1)c1cc(F)cc(Br)c1. The Labute approximate surface area is 111 Å². The van der Waals surface area contributed by atoms with Gasteiger partial charge in [0, 0.05) is 10.5 Å². The molecular formula is C14H19BrFN. The average Bonchev–Trinajstić information content (AvgIpc) is 2.20. The predicted molar refractivity (Wildman–Crippen MR) is 72.5 cm³/mol. The van der Waals surface area contributed by atoms with Gasteiger partial charge in [0.2, 0.25) is 0 Å². The first kappa shape index (κ1) is 13.0. The Morgan fingerprint density at radius 2 is 2.18 bits per heavy atom. The second-order valence-corrected chi connectivity index (χ2v) is 5.76. The minimum Gasteiger partial charge on any atom is -0.310 e. The molecule has 1 saturated carbocycles. The highest BCUT2D eigenvalue weighted by Crippen LogP contribution is 2.35. The highest BCUT2D eigenvalue weighted by atomic mass is 79.9. The Kier molecular flexibility index (Phi) is 4.57. The van der Waals surface area contributed by atoms with Crippen LogP contribution < -0.4 is 5.32 Å². The lowest BCUT2D eigenvalue weighted by Crippen LogP contribution is -2.26. The number of halogens is 2. The largest absolute Gasteiger partial charge is 0.310 e. The van der Waals surface area contributed by atoms with Gasteiger partial charge >= 0.3 is 0 Å². The smallest absolute Gasteiger partial charge is 0.124 e. The van der Waals surface area contributed by atoms with Gasteiger partial charge < -0.3 is 5.32 Å². The van der Waals surface area contributed by atoms with E-state index in [1.807, 2.05) is 6.07 Å². The van der Waals surface area contributed by atoms with E-state index in [1.165, 1.54) is 25.3 Å². The molecule has 0 radical (unpaired) electrons. The van der Waals surface area contributed by atoms with Crippen molar-refractivity contribution in [3.63, 3.8) is 0 Å². The summed E-state index contributed by atoms with van der Waals surface area (Å²) in [6, 6.07) is 5.47. The normalized spacial score (nSPS) is 17.8. The molecule has 0 amide bonds. The van der Waals surface area contributed by atoms with Gasteiger partial charge in [-0.05, 0) is 42.6 Å². The van der Waals surface area contributed by atoms with Crippen molar-refractivity contribution in [1.29, 1.82) is 0 Å². The van der Waals surface area contributed by atoms with Gasteiger partial charge in [0.15, 0.2) is 0 Å². The standard InChI is InChI=1S/C14H19BrFN/c1-2-17-14(6-10-4-3-5-10)11-7-12(15)9-13(16)8-11/h7-10,14,17H,2-6H2,1H3. The van der Waals surface area contributed by atoms with Crippen LogP contribution in [0.1, 0.15) is 44.2 Å².